The van der Waals surface area contributed by atoms with Crippen molar-refractivity contribution >= 4 is 5.78 Å². The number of aryl methyl sites for hydroxylation is 1. The highest BCUT2D eigenvalue weighted by Crippen LogP contribution is 2.13. The third kappa shape index (κ3) is 3.90. The number of ketones is 1. The predicted molar refractivity (Wildman–Crippen MR) is 83.3 cm³/mol. The fourth-order valence-corrected chi connectivity index (χ4v) is 2.69. The van der Waals surface area contributed by atoms with E-state index in [1.54, 1.807) is 0 Å². The Kier molecular flexibility index (Phi) is 5.32. The third-order valence-corrected chi connectivity index (χ3v) is 4.22. The molecular weight excluding hydrogens is 248 g/mol. The lowest BCUT2D eigenvalue weighted by atomic mass is 9.97. The second kappa shape index (κ2) is 7.00. The Morgan fingerprint density at radius 3 is 2.30 bits per heavy atom. The lowest BCUT2D eigenvalue weighted by molar-refractivity contribution is 0.0854. The van der Waals surface area contributed by atoms with Gasteiger partial charge in [0.25, 0.3) is 0 Å². The highest BCUT2D eigenvalue weighted by molar-refractivity contribution is 5.97. The molecule has 3 nitrogen and oxygen atoms in total. The van der Waals surface area contributed by atoms with Gasteiger partial charge in [-0.05, 0) is 19.0 Å². The van der Waals surface area contributed by atoms with Crippen molar-refractivity contribution < 1.29 is 4.79 Å². The van der Waals surface area contributed by atoms with E-state index in [0.29, 0.717) is 0 Å². The number of benzene rings is 1. The van der Waals surface area contributed by atoms with Crippen LogP contribution in [-0.4, -0.2) is 55.4 Å². The summed E-state index contributed by atoms with van der Waals surface area (Å²) in [5.41, 5.74) is 2.14. The van der Waals surface area contributed by atoms with Crippen molar-refractivity contribution in [2.75, 3.05) is 39.8 Å². The highest BCUT2D eigenvalue weighted by Gasteiger charge is 2.21. The van der Waals surface area contributed by atoms with Crippen LogP contribution in [-0.2, 0) is 6.42 Å². The lowest BCUT2D eigenvalue weighted by Gasteiger charge is -2.33. The molecule has 0 spiro atoms. The van der Waals surface area contributed by atoms with Gasteiger partial charge in [-0.25, -0.2) is 0 Å². The minimum Gasteiger partial charge on any atom is -0.304 e. The molecule has 1 aromatic rings. The molecule has 0 aliphatic carbocycles. The van der Waals surface area contributed by atoms with Crippen LogP contribution in [0.15, 0.2) is 24.3 Å². The third-order valence-electron chi connectivity index (χ3n) is 4.22. The van der Waals surface area contributed by atoms with Crippen LogP contribution < -0.4 is 0 Å². The van der Waals surface area contributed by atoms with E-state index in [0.717, 1.165) is 44.7 Å². The van der Waals surface area contributed by atoms with Gasteiger partial charge in [-0.3, -0.25) is 4.79 Å². The average Bonchev–Trinajstić information content (AvgIpc) is 2.49. The summed E-state index contributed by atoms with van der Waals surface area (Å²) >= 11 is 0. The van der Waals surface area contributed by atoms with Crippen molar-refractivity contribution in [3.63, 3.8) is 0 Å². The van der Waals surface area contributed by atoms with Crippen LogP contribution in [0.2, 0.25) is 0 Å². The lowest BCUT2D eigenvalue weighted by Crippen LogP contribution is -2.46. The summed E-state index contributed by atoms with van der Waals surface area (Å²) in [6.45, 7) is 9.41. The number of likely N-dealkylation sites (N-methyl/N-ethyl adjacent to an activating group) is 1. The van der Waals surface area contributed by atoms with E-state index >= 15 is 0 Å². The Morgan fingerprint density at radius 1 is 1.15 bits per heavy atom. The molecule has 1 aromatic carbocycles. The van der Waals surface area contributed by atoms with E-state index in [2.05, 4.69) is 35.9 Å². The smallest absolute Gasteiger partial charge is 0.166 e. The summed E-state index contributed by atoms with van der Waals surface area (Å²) < 4.78 is 0. The monoisotopic (exact) mass is 274 g/mol. The minimum atomic E-state index is 0.0749. The summed E-state index contributed by atoms with van der Waals surface area (Å²) in [4.78, 5) is 17.2. The van der Waals surface area contributed by atoms with Crippen molar-refractivity contribution in [2.24, 2.45) is 5.92 Å². The standard InChI is InChI=1S/C17H26N2O/c1-4-15-5-7-16(8-6-15)17(20)14(2)13-19-11-9-18(3)10-12-19/h5-8,14H,4,9-13H2,1-3H3. The molecule has 1 unspecified atom stereocenters. The molecule has 0 saturated carbocycles. The number of hydrogen-bond acceptors (Lipinski definition) is 3. The summed E-state index contributed by atoms with van der Waals surface area (Å²) in [6, 6.07) is 8.08. The molecule has 1 fully saturated rings. The van der Waals surface area contributed by atoms with Crippen LogP contribution in [0.25, 0.3) is 0 Å². The SMILES string of the molecule is CCc1ccc(C(=O)C(C)CN2CCN(C)CC2)cc1. The first-order valence-electron chi connectivity index (χ1n) is 7.64. The molecular formula is C17H26N2O. The molecule has 1 saturated heterocycles. The molecule has 1 atom stereocenters. The number of Topliss-reactive ketones (excluding diaryl/α,β-unsaturated/α-hetero) is 1. The first-order valence-corrected chi connectivity index (χ1v) is 7.64. The second-order valence-corrected chi connectivity index (χ2v) is 5.92. The van der Waals surface area contributed by atoms with E-state index < -0.39 is 0 Å². The molecule has 0 radical (unpaired) electrons. The van der Waals surface area contributed by atoms with Gasteiger partial charge in [0.05, 0.1) is 0 Å². The fourth-order valence-electron chi connectivity index (χ4n) is 2.69. The minimum absolute atomic E-state index is 0.0749. The quantitative estimate of drug-likeness (QED) is 0.770. The number of nitrogens with zero attached hydrogens (tertiary/aromatic N) is 2. The normalized spacial score (nSPS) is 18.9. The van der Waals surface area contributed by atoms with E-state index in [-0.39, 0.29) is 11.7 Å². The Labute approximate surface area is 122 Å². The van der Waals surface area contributed by atoms with Gasteiger partial charge >= 0.3 is 0 Å². The van der Waals surface area contributed by atoms with E-state index in [1.165, 1.54) is 5.56 Å². The molecule has 20 heavy (non-hydrogen) atoms. The largest absolute Gasteiger partial charge is 0.304 e. The van der Waals surface area contributed by atoms with Crippen LogP contribution in [0.3, 0.4) is 0 Å². The maximum absolute atomic E-state index is 12.4. The van der Waals surface area contributed by atoms with Gasteiger partial charge in [-0.2, -0.15) is 0 Å². The predicted octanol–water partition coefficient (Wildman–Crippen LogP) is 2.32. The van der Waals surface area contributed by atoms with E-state index in [9.17, 15) is 4.79 Å². The summed E-state index contributed by atoms with van der Waals surface area (Å²) in [5, 5.41) is 0. The Morgan fingerprint density at radius 2 is 1.75 bits per heavy atom. The van der Waals surface area contributed by atoms with Gasteiger partial charge in [-0.1, -0.05) is 38.1 Å². The van der Waals surface area contributed by atoms with Gasteiger partial charge in [-0.15, -0.1) is 0 Å². The molecule has 0 amide bonds. The van der Waals surface area contributed by atoms with Crippen LogP contribution in [0.1, 0.15) is 29.8 Å². The molecule has 0 bridgehead atoms. The van der Waals surface area contributed by atoms with Gasteiger partial charge in [0.15, 0.2) is 5.78 Å². The zero-order valence-electron chi connectivity index (χ0n) is 12.9. The Balaban J connectivity index is 1.90. The summed E-state index contributed by atoms with van der Waals surface area (Å²) in [6.07, 6.45) is 1.02. The molecule has 1 aliphatic rings. The Hall–Kier alpha value is -1.19. The number of piperazine rings is 1. The van der Waals surface area contributed by atoms with E-state index in [4.69, 9.17) is 0 Å². The molecule has 3 heteroatoms. The summed E-state index contributed by atoms with van der Waals surface area (Å²) in [7, 11) is 2.15. The van der Waals surface area contributed by atoms with Crippen molar-refractivity contribution in [3.8, 4) is 0 Å². The maximum atomic E-state index is 12.4. The van der Waals surface area contributed by atoms with E-state index in [1.807, 2.05) is 19.1 Å². The molecule has 0 aromatic heterocycles. The van der Waals surface area contributed by atoms with Crippen LogP contribution in [0.5, 0.6) is 0 Å². The number of carbonyl (C=O) groups excluding carboxylic acids is 1. The zero-order chi connectivity index (χ0) is 14.5. The number of hydrogen-bond donors (Lipinski definition) is 0. The van der Waals surface area contributed by atoms with Crippen molar-refractivity contribution in [1.29, 1.82) is 0 Å². The molecule has 0 N–H and O–H groups in total. The van der Waals surface area contributed by atoms with Gasteiger partial charge in [0.2, 0.25) is 0 Å². The van der Waals surface area contributed by atoms with Crippen molar-refractivity contribution in [2.45, 2.75) is 20.3 Å². The Bertz CT molecular complexity index is 433. The fraction of sp³-hybridized carbons (Fsp3) is 0.588. The molecule has 110 valence electrons. The van der Waals surface area contributed by atoms with Gasteiger partial charge in [0.1, 0.15) is 0 Å². The van der Waals surface area contributed by atoms with Gasteiger partial charge in [0, 0.05) is 44.2 Å². The van der Waals surface area contributed by atoms with Crippen LogP contribution >= 0.6 is 0 Å². The van der Waals surface area contributed by atoms with Crippen LogP contribution in [0, 0.1) is 5.92 Å². The molecule has 2 rings (SSSR count). The molecule has 1 aliphatic heterocycles. The first kappa shape index (κ1) is 15.2. The zero-order valence-corrected chi connectivity index (χ0v) is 12.9. The van der Waals surface area contributed by atoms with Crippen LogP contribution in [0.4, 0.5) is 0 Å². The topological polar surface area (TPSA) is 23.6 Å². The summed E-state index contributed by atoms with van der Waals surface area (Å²) in [5.74, 6) is 0.345. The number of carbonyl (C=O) groups is 1. The highest BCUT2D eigenvalue weighted by atomic mass is 16.1. The maximum Gasteiger partial charge on any atom is 0.166 e. The second-order valence-electron chi connectivity index (χ2n) is 5.92. The molecule has 1 heterocycles. The number of rotatable bonds is 5. The average molecular weight is 274 g/mol. The van der Waals surface area contributed by atoms with Crippen molar-refractivity contribution in [3.05, 3.63) is 35.4 Å². The first-order chi connectivity index (χ1) is 9.60. The van der Waals surface area contributed by atoms with Gasteiger partial charge < -0.3 is 9.80 Å². The van der Waals surface area contributed by atoms with Crippen molar-refractivity contribution in [1.82, 2.24) is 9.80 Å².